The van der Waals surface area contributed by atoms with Crippen molar-refractivity contribution in [1.29, 1.82) is 0 Å². The lowest BCUT2D eigenvalue weighted by molar-refractivity contribution is 0.178. The SMILES string of the molecule is CC(NCCS(N)(=O)=O)C1CCOC1. The van der Waals surface area contributed by atoms with Crippen molar-refractivity contribution >= 4 is 10.0 Å². The van der Waals surface area contributed by atoms with Crippen molar-refractivity contribution in [3.8, 4) is 0 Å². The molecule has 0 aromatic carbocycles. The Kier molecular flexibility index (Phi) is 4.31. The predicted octanol–water partition coefficient (Wildman–Crippen LogP) is -0.710. The standard InChI is InChI=1S/C8H18N2O3S/c1-7(8-2-4-13-6-8)10-3-5-14(9,11)12/h7-8,10H,2-6H2,1H3,(H2,9,11,12). The van der Waals surface area contributed by atoms with Crippen LogP contribution in [0, 0.1) is 5.92 Å². The second kappa shape index (κ2) is 5.06. The lowest BCUT2D eigenvalue weighted by Gasteiger charge is -2.18. The first kappa shape index (κ1) is 11.9. The third-order valence-electron chi connectivity index (χ3n) is 2.52. The van der Waals surface area contributed by atoms with Crippen molar-refractivity contribution in [1.82, 2.24) is 5.32 Å². The van der Waals surface area contributed by atoms with Gasteiger partial charge in [-0.3, -0.25) is 0 Å². The molecule has 0 radical (unpaired) electrons. The molecule has 2 unspecified atom stereocenters. The van der Waals surface area contributed by atoms with Crippen molar-refractivity contribution in [3.63, 3.8) is 0 Å². The number of rotatable bonds is 5. The van der Waals surface area contributed by atoms with E-state index in [0.717, 1.165) is 19.6 Å². The largest absolute Gasteiger partial charge is 0.381 e. The summed E-state index contributed by atoms with van der Waals surface area (Å²) in [5.74, 6) is 0.487. The molecule has 0 saturated carbocycles. The molecule has 0 spiro atoms. The zero-order chi connectivity index (χ0) is 10.6. The van der Waals surface area contributed by atoms with Gasteiger partial charge in [0.2, 0.25) is 10.0 Å². The molecule has 1 fully saturated rings. The first-order valence-corrected chi connectivity index (χ1v) is 6.52. The normalized spacial score (nSPS) is 25.1. The molecule has 5 nitrogen and oxygen atoms in total. The predicted molar refractivity (Wildman–Crippen MR) is 54.4 cm³/mol. The van der Waals surface area contributed by atoms with Crippen LogP contribution in [0.5, 0.6) is 0 Å². The third kappa shape index (κ3) is 4.36. The molecule has 0 aliphatic carbocycles. The monoisotopic (exact) mass is 222 g/mol. The molecular weight excluding hydrogens is 204 g/mol. The van der Waals surface area contributed by atoms with Gasteiger partial charge in [-0.15, -0.1) is 0 Å². The third-order valence-corrected chi connectivity index (χ3v) is 3.30. The van der Waals surface area contributed by atoms with E-state index >= 15 is 0 Å². The molecule has 1 aliphatic heterocycles. The van der Waals surface area contributed by atoms with Crippen molar-refractivity contribution in [2.24, 2.45) is 11.1 Å². The zero-order valence-electron chi connectivity index (χ0n) is 8.40. The molecule has 0 aromatic rings. The fourth-order valence-electron chi connectivity index (χ4n) is 1.54. The van der Waals surface area contributed by atoms with E-state index in [2.05, 4.69) is 5.32 Å². The van der Waals surface area contributed by atoms with Crippen LogP contribution in [0.4, 0.5) is 0 Å². The number of hydrogen-bond donors (Lipinski definition) is 2. The second-order valence-electron chi connectivity index (χ2n) is 3.73. The number of primary sulfonamides is 1. The molecule has 84 valence electrons. The number of hydrogen-bond acceptors (Lipinski definition) is 4. The van der Waals surface area contributed by atoms with E-state index in [9.17, 15) is 8.42 Å². The first-order valence-electron chi connectivity index (χ1n) is 4.80. The van der Waals surface area contributed by atoms with Crippen LogP contribution in [0.25, 0.3) is 0 Å². The highest BCUT2D eigenvalue weighted by Crippen LogP contribution is 2.15. The molecule has 1 heterocycles. The summed E-state index contributed by atoms with van der Waals surface area (Å²) < 4.78 is 26.5. The van der Waals surface area contributed by atoms with Gasteiger partial charge in [-0.05, 0) is 19.3 Å². The smallest absolute Gasteiger partial charge is 0.210 e. The summed E-state index contributed by atoms with van der Waals surface area (Å²) in [6.07, 6.45) is 1.05. The molecule has 1 rings (SSSR count). The fraction of sp³-hybridized carbons (Fsp3) is 1.00. The fourth-order valence-corrected chi connectivity index (χ4v) is 1.94. The molecule has 1 aliphatic rings. The van der Waals surface area contributed by atoms with Gasteiger partial charge in [0.15, 0.2) is 0 Å². The van der Waals surface area contributed by atoms with Crippen LogP contribution in [0.3, 0.4) is 0 Å². The summed E-state index contributed by atoms with van der Waals surface area (Å²) in [6, 6.07) is 0.291. The topological polar surface area (TPSA) is 81.4 Å². The second-order valence-corrected chi connectivity index (χ2v) is 5.47. The van der Waals surface area contributed by atoms with E-state index in [1.54, 1.807) is 0 Å². The molecule has 0 bridgehead atoms. The van der Waals surface area contributed by atoms with Gasteiger partial charge in [0.1, 0.15) is 0 Å². The molecule has 14 heavy (non-hydrogen) atoms. The summed E-state index contributed by atoms with van der Waals surface area (Å²) in [5.41, 5.74) is 0. The maximum Gasteiger partial charge on any atom is 0.210 e. The highest BCUT2D eigenvalue weighted by molar-refractivity contribution is 7.89. The van der Waals surface area contributed by atoms with Gasteiger partial charge < -0.3 is 10.1 Å². The van der Waals surface area contributed by atoms with Crippen LogP contribution in [0.2, 0.25) is 0 Å². The van der Waals surface area contributed by atoms with Gasteiger partial charge in [0, 0.05) is 19.2 Å². The number of ether oxygens (including phenoxy) is 1. The lowest BCUT2D eigenvalue weighted by atomic mass is 10.0. The van der Waals surface area contributed by atoms with Gasteiger partial charge in [-0.25, -0.2) is 13.6 Å². The Labute approximate surface area is 85.1 Å². The number of sulfonamides is 1. The summed E-state index contributed by atoms with van der Waals surface area (Å²) in [6.45, 7) is 4.04. The highest BCUT2D eigenvalue weighted by atomic mass is 32.2. The molecule has 0 aromatic heterocycles. The quantitative estimate of drug-likeness (QED) is 0.644. The van der Waals surface area contributed by atoms with E-state index in [4.69, 9.17) is 9.88 Å². The molecule has 3 N–H and O–H groups in total. The minimum absolute atomic E-state index is 0.00901. The van der Waals surface area contributed by atoms with Gasteiger partial charge in [-0.2, -0.15) is 0 Å². The Morgan fingerprint density at radius 2 is 2.36 bits per heavy atom. The summed E-state index contributed by atoms with van der Waals surface area (Å²) in [4.78, 5) is 0. The Morgan fingerprint density at radius 3 is 2.86 bits per heavy atom. The zero-order valence-corrected chi connectivity index (χ0v) is 9.22. The summed E-state index contributed by atoms with van der Waals surface area (Å²) in [5, 5.41) is 8.02. The van der Waals surface area contributed by atoms with E-state index < -0.39 is 10.0 Å². The average molecular weight is 222 g/mol. The Hall–Kier alpha value is -0.170. The molecule has 1 saturated heterocycles. The highest BCUT2D eigenvalue weighted by Gasteiger charge is 2.21. The first-order chi connectivity index (χ1) is 6.49. The average Bonchev–Trinajstić information content (AvgIpc) is 2.53. The molecule has 6 heteroatoms. The van der Waals surface area contributed by atoms with Crippen molar-refractivity contribution in [2.75, 3.05) is 25.5 Å². The van der Waals surface area contributed by atoms with E-state index in [-0.39, 0.29) is 5.75 Å². The minimum atomic E-state index is -3.34. The van der Waals surface area contributed by atoms with E-state index in [1.807, 2.05) is 6.92 Å². The maximum atomic E-state index is 10.6. The van der Waals surface area contributed by atoms with Gasteiger partial charge in [0.05, 0.1) is 12.4 Å². The van der Waals surface area contributed by atoms with E-state index in [0.29, 0.717) is 18.5 Å². The Bertz CT molecular complexity index is 260. The molecule has 0 amide bonds. The molecule has 2 atom stereocenters. The number of nitrogens with one attached hydrogen (secondary N) is 1. The maximum absolute atomic E-state index is 10.6. The van der Waals surface area contributed by atoms with Crippen LogP contribution in [0.15, 0.2) is 0 Å². The minimum Gasteiger partial charge on any atom is -0.381 e. The van der Waals surface area contributed by atoms with Crippen molar-refractivity contribution in [3.05, 3.63) is 0 Å². The summed E-state index contributed by atoms with van der Waals surface area (Å²) in [7, 11) is -3.34. The Morgan fingerprint density at radius 1 is 1.64 bits per heavy atom. The van der Waals surface area contributed by atoms with Crippen LogP contribution in [0.1, 0.15) is 13.3 Å². The lowest BCUT2D eigenvalue weighted by Crippen LogP contribution is -2.37. The van der Waals surface area contributed by atoms with E-state index in [1.165, 1.54) is 0 Å². The molecular formula is C8H18N2O3S. The summed E-state index contributed by atoms with van der Waals surface area (Å²) >= 11 is 0. The van der Waals surface area contributed by atoms with Crippen LogP contribution in [-0.4, -0.2) is 40.0 Å². The van der Waals surface area contributed by atoms with Crippen LogP contribution < -0.4 is 10.5 Å². The van der Waals surface area contributed by atoms with Crippen molar-refractivity contribution in [2.45, 2.75) is 19.4 Å². The van der Waals surface area contributed by atoms with Crippen molar-refractivity contribution < 1.29 is 13.2 Å². The van der Waals surface area contributed by atoms with Gasteiger partial charge in [0.25, 0.3) is 0 Å². The Balaban J connectivity index is 2.17. The number of nitrogens with two attached hydrogens (primary N) is 1. The van der Waals surface area contributed by atoms with Crippen LogP contribution in [-0.2, 0) is 14.8 Å². The van der Waals surface area contributed by atoms with Gasteiger partial charge >= 0.3 is 0 Å². The van der Waals surface area contributed by atoms with Crippen LogP contribution >= 0.6 is 0 Å². The van der Waals surface area contributed by atoms with Gasteiger partial charge in [-0.1, -0.05) is 0 Å².